The molecule has 1 fully saturated rings. The van der Waals surface area contributed by atoms with E-state index in [1.807, 2.05) is 26.1 Å². The van der Waals surface area contributed by atoms with E-state index in [4.69, 9.17) is 4.74 Å². The highest BCUT2D eigenvalue weighted by molar-refractivity contribution is 6.02. The number of halogens is 1. The third kappa shape index (κ3) is 5.46. The standard InChI is InChI=1S/C23H27FN4O/c1-4-5-14-25-18(2)20-11-9-10-19(24)12-13-21(20)29-23-17-22(26-27(23)3)28-15-7-6-8-16-28/h4-5,10-12,14,17H,1,6-9,15-16H2,2-3H3/b14-5-,19-10+,20-11-,25-18-. The van der Waals surface area contributed by atoms with Gasteiger partial charge in [-0.05, 0) is 44.8 Å². The summed E-state index contributed by atoms with van der Waals surface area (Å²) in [5, 5.41) is 4.60. The summed E-state index contributed by atoms with van der Waals surface area (Å²) in [6, 6.07) is 1.92. The lowest BCUT2D eigenvalue weighted by Gasteiger charge is -2.26. The van der Waals surface area contributed by atoms with Gasteiger partial charge in [-0.15, -0.1) is 0 Å². The second-order valence-electron chi connectivity index (χ2n) is 6.97. The van der Waals surface area contributed by atoms with Crippen LogP contribution in [-0.4, -0.2) is 28.6 Å². The van der Waals surface area contributed by atoms with Gasteiger partial charge in [0.2, 0.25) is 5.88 Å². The van der Waals surface area contributed by atoms with Crippen LogP contribution in [0.2, 0.25) is 0 Å². The molecule has 0 spiro atoms. The molecule has 0 N–H and O–H groups in total. The highest BCUT2D eigenvalue weighted by Gasteiger charge is 2.19. The normalized spacial score (nSPS) is 21.7. The zero-order valence-electron chi connectivity index (χ0n) is 17.1. The number of aryl methyl sites for hydroxylation is 1. The van der Waals surface area contributed by atoms with Gasteiger partial charge in [-0.3, -0.25) is 4.99 Å². The van der Waals surface area contributed by atoms with Crippen molar-refractivity contribution in [1.82, 2.24) is 9.78 Å². The average molecular weight is 394 g/mol. The zero-order valence-corrected chi connectivity index (χ0v) is 17.1. The van der Waals surface area contributed by atoms with E-state index < -0.39 is 0 Å². The number of nitrogens with zero attached hydrogens (tertiary/aromatic N) is 4. The molecule has 2 heterocycles. The Morgan fingerprint density at radius 1 is 1.31 bits per heavy atom. The van der Waals surface area contributed by atoms with Crippen molar-refractivity contribution in [3.8, 4) is 5.88 Å². The third-order valence-corrected chi connectivity index (χ3v) is 4.81. The van der Waals surface area contributed by atoms with Crippen molar-refractivity contribution in [2.24, 2.45) is 12.0 Å². The highest BCUT2D eigenvalue weighted by atomic mass is 19.1. The van der Waals surface area contributed by atoms with Crippen molar-refractivity contribution in [2.45, 2.75) is 32.6 Å². The minimum atomic E-state index is -0.346. The molecule has 0 atom stereocenters. The zero-order chi connectivity index (χ0) is 20.6. The molecule has 0 saturated carbocycles. The van der Waals surface area contributed by atoms with Crippen molar-refractivity contribution in [1.29, 1.82) is 0 Å². The molecule has 1 aromatic rings. The molecule has 2 aliphatic rings. The van der Waals surface area contributed by atoms with Gasteiger partial charge < -0.3 is 9.64 Å². The second-order valence-corrected chi connectivity index (χ2v) is 6.97. The lowest BCUT2D eigenvalue weighted by molar-refractivity contribution is 0.396. The molecule has 0 radical (unpaired) electrons. The maximum Gasteiger partial charge on any atom is 0.220 e. The van der Waals surface area contributed by atoms with Crippen molar-refractivity contribution >= 4 is 11.5 Å². The van der Waals surface area contributed by atoms with Gasteiger partial charge in [0.1, 0.15) is 5.83 Å². The summed E-state index contributed by atoms with van der Waals surface area (Å²) in [5.41, 5.74) is 4.44. The summed E-state index contributed by atoms with van der Waals surface area (Å²) in [4.78, 5) is 6.69. The summed E-state index contributed by atoms with van der Waals surface area (Å²) in [7, 11) is 1.84. The molecule has 1 aromatic heterocycles. The molecule has 0 amide bonds. The molecule has 0 bridgehead atoms. The number of allylic oxidation sites excluding steroid dienone is 6. The maximum atomic E-state index is 13.8. The second kappa shape index (κ2) is 9.89. The Labute approximate surface area is 171 Å². The Hall–Kier alpha value is -3.11. The van der Waals surface area contributed by atoms with E-state index >= 15 is 0 Å². The number of piperidine rings is 1. The van der Waals surface area contributed by atoms with Crippen LogP contribution in [0, 0.1) is 0 Å². The van der Waals surface area contributed by atoms with Crippen LogP contribution in [0.15, 0.2) is 77.1 Å². The van der Waals surface area contributed by atoms with Crippen LogP contribution in [0.3, 0.4) is 0 Å². The van der Waals surface area contributed by atoms with E-state index in [-0.39, 0.29) is 5.83 Å². The predicted molar refractivity (Wildman–Crippen MR) is 116 cm³/mol. The monoisotopic (exact) mass is 394 g/mol. The number of aliphatic imine (C=N–C) groups is 1. The molecular weight excluding hydrogens is 367 g/mol. The Bertz CT molecular complexity index is 936. The molecule has 0 aromatic carbocycles. The molecular formula is C23H27FN4O. The van der Waals surface area contributed by atoms with Gasteiger partial charge in [0.25, 0.3) is 0 Å². The number of rotatable bonds is 6. The summed E-state index contributed by atoms with van der Waals surface area (Å²) < 4.78 is 21.6. The van der Waals surface area contributed by atoms with Crippen molar-refractivity contribution in [3.05, 3.63) is 72.1 Å². The quantitative estimate of drug-likeness (QED) is 0.380. The first-order chi connectivity index (χ1) is 14.1. The summed E-state index contributed by atoms with van der Waals surface area (Å²) in [6.45, 7) is 7.53. The largest absolute Gasteiger partial charge is 0.430 e. The van der Waals surface area contributed by atoms with Gasteiger partial charge in [0, 0.05) is 49.8 Å². The van der Waals surface area contributed by atoms with Crippen LogP contribution in [0.1, 0.15) is 32.6 Å². The first-order valence-electron chi connectivity index (χ1n) is 9.90. The van der Waals surface area contributed by atoms with E-state index in [9.17, 15) is 4.39 Å². The molecule has 29 heavy (non-hydrogen) atoms. The maximum absolute atomic E-state index is 13.8. The number of ether oxygens (including phenoxy) is 1. The van der Waals surface area contributed by atoms with E-state index in [0.717, 1.165) is 30.2 Å². The van der Waals surface area contributed by atoms with Gasteiger partial charge in [0.15, 0.2) is 11.6 Å². The number of aromatic nitrogens is 2. The van der Waals surface area contributed by atoms with Gasteiger partial charge >= 0.3 is 0 Å². The summed E-state index contributed by atoms with van der Waals surface area (Å²) in [6.07, 6.45) is 13.8. The average Bonchev–Trinajstić information content (AvgIpc) is 3.08. The van der Waals surface area contributed by atoms with Crippen molar-refractivity contribution < 1.29 is 9.13 Å². The Morgan fingerprint density at radius 3 is 2.86 bits per heavy atom. The highest BCUT2D eigenvalue weighted by Crippen LogP contribution is 2.26. The van der Waals surface area contributed by atoms with E-state index in [1.165, 1.54) is 31.4 Å². The minimum Gasteiger partial charge on any atom is -0.430 e. The molecule has 1 aliphatic carbocycles. The predicted octanol–water partition coefficient (Wildman–Crippen LogP) is 5.17. The van der Waals surface area contributed by atoms with Gasteiger partial charge in [0.05, 0.1) is 0 Å². The molecule has 1 aliphatic heterocycles. The fourth-order valence-corrected chi connectivity index (χ4v) is 3.25. The van der Waals surface area contributed by atoms with Crippen LogP contribution in [0.25, 0.3) is 0 Å². The summed E-state index contributed by atoms with van der Waals surface area (Å²) >= 11 is 0. The Kier molecular flexibility index (Phi) is 7.04. The molecule has 0 unspecified atom stereocenters. The SMILES string of the molecule is C=C\C=C/N=C(C)\C1=C\C/C=C(/F)C=C=C1Oc1cc(N2CCCCC2)nn1C. The lowest BCUT2D eigenvalue weighted by Crippen LogP contribution is -2.29. The first kappa shape index (κ1) is 20.6. The Morgan fingerprint density at radius 2 is 2.10 bits per heavy atom. The fraction of sp³-hybridized carbons (Fsp3) is 0.348. The van der Waals surface area contributed by atoms with Crippen LogP contribution >= 0.6 is 0 Å². The molecule has 6 heteroatoms. The third-order valence-electron chi connectivity index (χ3n) is 4.81. The van der Waals surface area contributed by atoms with Crippen molar-refractivity contribution in [3.63, 3.8) is 0 Å². The smallest absolute Gasteiger partial charge is 0.220 e. The topological polar surface area (TPSA) is 42.6 Å². The number of hydrogen-bond donors (Lipinski definition) is 0. The lowest BCUT2D eigenvalue weighted by atomic mass is 10.1. The van der Waals surface area contributed by atoms with Crippen molar-refractivity contribution in [2.75, 3.05) is 18.0 Å². The summed E-state index contributed by atoms with van der Waals surface area (Å²) in [5.74, 6) is 1.54. The van der Waals surface area contributed by atoms with Gasteiger partial charge in [-0.2, -0.15) is 5.10 Å². The molecule has 1 saturated heterocycles. The molecule has 152 valence electrons. The van der Waals surface area contributed by atoms with Crippen LogP contribution in [0.4, 0.5) is 10.2 Å². The van der Waals surface area contributed by atoms with Crippen LogP contribution in [-0.2, 0) is 7.05 Å². The van der Waals surface area contributed by atoms with Crippen LogP contribution < -0.4 is 9.64 Å². The number of hydrogen-bond acceptors (Lipinski definition) is 4. The van der Waals surface area contributed by atoms with E-state index in [1.54, 1.807) is 23.0 Å². The van der Waals surface area contributed by atoms with Gasteiger partial charge in [-0.1, -0.05) is 24.5 Å². The van der Waals surface area contributed by atoms with E-state index in [0.29, 0.717) is 18.1 Å². The number of anilines is 1. The Balaban J connectivity index is 1.91. The fourth-order valence-electron chi connectivity index (χ4n) is 3.25. The molecule has 5 nitrogen and oxygen atoms in total. The minimum absolute atomic E-state index is 0.346. The van der Waals surface area contributed by atoms with E-state index in [2.05, 4.69) is 27.3 Å². The first-order valence-corrected chi connectivity index (χ1v) is 9.90. The van der Waals surface area contributed by atoms with Crippen LogP contribution in [0.5, 0.6) is 5.88 Å². The van der Waals surface area contributed by atoms with Gasteiger partial charge in [-0.25, -0.2) is 9.07 Å². The molecule has 3 rings (SSSR count).